The molecule has 0 aliphatic carbocycles. The Morgan fingerprint density at radius 2 is 2.25 bits per heavy atom. The van der Waals surface area contributed by atoms with Crippen molar-refractivity contribution in [3.8, 4) is 0 Å². The number of hydrogen-bond acceptors (Lipinski definition) is 0. The lowest BCUT2D eigenvalue weighted by atomic mass is 10.3. The molecule has 0 bridgehead atoms. The molecule has 0 aromatic heterocycles. The van der Waals surface area contributed by atoms with Crippen molar-refractivity contribution in [3.05, 3.63) is 0 Å². The maximum absolute atomic E-state index is 6.99. The summed E-state index contributed by atoms with van der Waals surface area (Å²) in [5.74, 6) is -0.542. The van der Waals surface area contributed by atoms with Gasteiger partial charge in [-0.15, -0.1) is 0 Å². The van der Waals surface area contributed by atoms with Gasteiger partial charge in [0.15, 0.2) is 0 Å². The fraction of sp³-hybridized carbons (Fsp3) is 1.00. The zero-order chi connectivity index (χ0) is 5.21. The van der Waals surface area contributed by atoms with Gasteiger partial charge in [0.05, 0.1) is 0 Å². The molecule has 0 spiro atoms. The van der Waals surface area contributed by atoms with Crippen LogP contribution in [-0.2, 0) is 0 Å². The summed E-state index contributed by atoms with van der Waals surface area (Å²) in [5, 5.41) is 0. The lowest BCUT2D eigenvalue weighted by Crippen LogP contribution is -1.66. The molecule has 0 aromatic carbocycles. The summed E-state index contributed by atoms with van der Waals surface area (Å²) in [7, 11) is 0. The molecule has 0 fully saturated rings. The minimum absolute atomic E-state index is 0.188. The summed E-state index contributed by atoms with van der Waals surface area (Å²) in [6.07, 6.45) is 0. The van der Waals surface area contributed by atoms with E-state index in [1.807, 2.05) is 0 Å². The Morgan fingerprint density at radius 3 is 2.25 bits per heavy atom. The van der Waals surface area contributed by atoms with Crippen LogP contribution >= 0.6 is 0 Å². The van der Waals surface area contributed by atoms with Crippen LogP contribution in [0.25, 0.3) is 0 Å². The van der Waals surface area contributed by atoms with E-state index in [4.69, 9.17) is 2.74 Å². The van der Waals surface area contributed by atoms with E-state index in [0.29, 0.717) is 0 Å². The lowest BCUT2D eigenvalue weighted by Gasteiger charge is -1.79. The van der Waals surface area contributed by atoms with Crippen molar-refractivity contribution in [1.82, 2.24) is 0 Å². The second-order valence-corrected chi connectivity index (χ2v) is 1.21. The van der Waals surface area contributed by atoms with Gasteiger partial charge in [-0.3, -0.25) is 0 Å². The van der Waals surface area contributed by atoms with E-state index in [1.165, 1.54) is 0 Å². The molecular weight excluding hydrogens is 48.0 g/mol. The molecule has 0 nitrogen and oxygen atoms in total. The van der Waals surface area contributed by atoms with Crippen molar-refractivity contribution >= 4 is 0 Å². The topological polar surface area (TPSA) is 0 Å². The molecule has 0 heteroatoms. The number of rotatable bonds is 0. The predicted octanol–water partition coefficient (Wildman–Crippen LogP) is 1.66. The average Bonchev–Trinajstić information content (AvgIpc) is 1.35. The average molecular weight is 60.1 g/mol. The number of hydrogen-bond donors (Lipinski definition) is 0. The minimum atomic E-state index is -0.542. The van der Waals surface area contributed by atoms with Gasteiger partial charge in [-0.05, 0) is 5.89 Å². The molecule has 0 aromatic rings. The van der Waals surface area contributed by atoms with E-state index in [-0.39, 0.29) is 6.90 Å². The molecule has 0 amide bonds. The molecule has 0 atom stereocenters. The van der Waals surface area contributed by atoms with Crippen molar-refractivity contribution in [3.63, 3.8) is 0 Å². The largest absolute Gasteiger partial charge is 0.0630 e. The van der Waals surface area contributed by atoms with Gasteiger partial charge in [0.2, 0.25) is 0 Å². The predicted molar refractivity (Wildman–Crippen MR) is 20.5 cm³/mol. The highest BCUT2D eigenvalue weighted by Gasteiger charge is 1.68. The Hall–Kier alpha value is 0. The molecule has 0 saturated heterocycles. The van der Waals surface area contributed by atoms with E-state index >= 15 is 0 Å². The molecule has 0 N–H and O–H groups in total. The van der Waals surface area contributed by atoms with Gasteiger partial charge in [0.25, 0.3) is 0 Å². The maximum Gasteiger partial charge on any atom is 0.0294 e. The first-order valence-corrected chi connectivity index (χ1v) is 1.35. The Bertz CT molecular complexity index is 35.3. The zero-order valence-corrected chi connectivity index (χ0v) is 3.21. The monoisotopic (exact) mass is 60.1 g/mol. The van der Waals surface area contributed by atoms with Crippen LogP contribution in [0.5, 0.6) is 0 Å². The quantitative estimate of drug-likeness (QED) is 0.399. The third kappa shape index (κ3) is 0. The van der Waals surface area contributed by atoms with E-state index in [2.05, 4.69) is 0 Å². The van der Waals surface area contributed by atoms with Crippen molar-refractivity contribution in [1.29, 1.82) is 0 Å². The van der Waals surface area contributed by atoms with Crippen LogP contribution in [0, 0.1) is 5.89 Å². The van der Waals surface area contributed by atoms with Gasteiger partial charge < -0.3 is 0 Å². The maximum atomic E-state index is 6.99. The van der Waals surface area contributed by atoms with Crippen LogP contribution in [0.2, 0.25) is 0 Å². The van der Waals surface area contributed by atoms with Gasteiger partial charge in [-0.2, -0.15) is 0 Å². The van der Waals surface area contributed by atoms with Crippen LogP contribution in [0.3, 0.4) is 0 Å². The molecule has 0 aliphatic heterocycles. The van der Waals surface area contributed by atoms with Crippen LogP contribution in [0.1, 0.15) is 23.5 Å². The summed E-state index contributed by atoms with van der Waals surface area (Å²) in [6.45, 7) is 3.63. The highest BCUT2D eigenvalue weighted by molar-refractivity contribution is 4.20. The Morgan fingerprint density at radius 1 is 2.00 bits per heavy atom. The summed E-state index contributed by atoms with van der Waals surface area (Å²) >= 11 is 0. The highest BCUT2D eigenvalue weighted by Crippen LogP contribution is 1.81. The SMILES string of the molecule is [2H]CC([2H])(C)C. The van der Waals surface area contributed by atoms with Gasteiger partial charge in [-0.1, -0.05) is 20.7 Å². The van der Waals surface area contributed by atoms with Crippen molar-refractivity contribution in [2.24, 2.45) is 5.89 Å². The standard InChI is InChI=1S/C4H10/c1-4(2)3/h4H,1-3H3/i1D,4D. The lowest BCUT2D eigenvalue weighted by molar-refractivity contribution is 0.737. The summed E-state index contributed by atoms with van der Waals surface area (Å²) in [4.78, 5) is 0. The molecule has 4 heavy (non-hydrogen) atoms. The first-order chi connectivity index (χ1) is 2.56. The summed E-state index contributed by atoms with van der Waals surface area (Å²) in [6, 6.07) is 0. The van der Waals surface area contributed by atoms with Crippen molar-refractivity contribution in [2.75, 3.05) is 0 Å². The molecular formula is C4H10. The normalized spacial score (nSPS) is 18.5. The van der Waals surface area contributed by atoms with Gasteiger partial charge >= 0.3 is 0 Å². The van der Waals surface area contributed by atoms with E-state index in [1.54, 1.807) is 13.8 Å². The Balaban J connectivity index is 3.17. The van der Waals surface area contributed by atoms with Gasteiger partial charge in [0.1, 0.15) is 0 Å². The second kappa shape index (κ2) is 1.33. The molecule has 0 saturated carbocycles. The molecule has 0 rings (SSSR count). The fourth-order valence-corrected chi connectivity index (χ4v) is 0. The van der Waals surface area contributed by atoms with Crippen LogP contribution in [0.4, 0.5) is 0 Å². The minimum Gasteiger partial charge on any atom is -0.0630 e. The molecule has 26 valence electrons. The zero-order valence-electron chi connectivity index (χ0n) is 5.21. The third-order valence-electron chi connectivity index (χ3n) is 0. The second-order valence-electron chi connectivity index (χ2n) is 1.21. The molecule has 0 aliphatic rings. The molecule has 0 unspecified atom stereocenters. The molecule has 0 radical (unpaired) electrons. The first-order valence-electron chi connectivity index (χ1n) is 2.56. The van der Waals surface area contributed by atoms with Crippen LogP contribution in [0.15, 0.2) is 0 Å². The van der Waals surface area contributed by atoms with Crippen LogP contribution < -0.4 is 0 Å². The van der Waals surface area contributed by atoms with Crippen molar-refractivity contribution in [2.45, 2.75) is 20.7 Å². The first kappa shape index (κ1) is 1.44. The Kier molecular flexibility index (Phi) is 0.480. The molecule has 0 heterocycles. The van der Waals surface area contributed by atoms with Gasteiger partial charge in [0, 0.05) is 2.74 Å². The summed E-state index contributed by atoms with van der Waals surface area (Å²) in [5.41, 5.74) is 0. The van der Waals surface area contributed by atoms with E-state index in [0.717, 1.165) is 0 Å². The summed E-state index contributed by atoms with van der Waals surface area (Å²) < 4.78 is 13.7. The highest BCUT2D eigenvalue weighted by atomic mass is 13.7. The van der Waals surface area contributed by atoms with E-state index in [9.17, 15) is 0 Å². The van der Waals surface area contributed by atoms with Crippen LogP contribution in [-0.4, -0.2) is 0 Å². The van der Waals surface area contributed by atoms with Crippen molar-refractivity contribution < 1.29 is 2.74 Å². The smallest absolute Gasteiger partial charge is 0.0294 e. The van der Waals surface area contributed by atoms with E-state index < -0.39 is 5.89 Å². The van der Waals surface area contributed by atoms with Gasteiger partial charge in [-0.25, -0.2) is 0 Å². The third-order valence-corrected chi connectivity index (χ3v) is 0. The Labute approximate surface area is 30.6 Å². The fourth-order valence-electron chi connectivity index (χ4n) is 0.